The summed E-state index contributed by atoms with van der Waals surface area (Å²) in [6, 6.07) is 0. The van der Waals surface area contributed by atoms with Gasteiger partial charge in [-0.05, 0) is 54.0 Å². The van der Waals surface area contributed by atoms with Crippen molar-refractivity contribution in [3.63, 3.8) is 0 Å². The van der Waals surface area contributed by atoms with E-state index in [9.17, 15) is 13.2 Å². The predicted molar refractivity (Wildman–Crippen MR) is 71.7 cm³/mol. The van der Waals surface area contributed by atoms with Crippen LogP contribution >= 0.6 is 0 Å². The van der Waals surface area contributed by atoms with Crippen molar-refractivity contribution < 1.29 is 13.2 Å². The van der Waals surface area contributed by atoms with Gasteiger partial charge in [0.1, 0.15) is 0 Å². The second-order valence-electron chi connectivity index (χ2n) is 6.28. The van der Waals surface area contributed by atoms with Gasteiger partial charge in [0.2, 0.25) is 0 Å². The number of hydrogen-bond acceptors (Lipinski definition) is 4. The number of carbonyl (C=O) groups is 1. The Labute approximate surface area is 110 Å². The second kappa shape index (κ2) is 4.81. The van der Waals surface area contributed by atoms with Crippen LogP contribution in [0.1, 0.15) is 47.5 Å². The van der Waals surface area contributed by atoms with E-state index in [0.29, 0.717) is 13.0 Å². The van der Waals surface area contributed by atoms with Crippen LogP contribution in [0.25, 0.3) is 0 Å². The Balaban J connectivity index is 2.33. The van der Waals surface area contributed by atoms with Crippen LogP contribution in [0.2, 0.25) is 0 Å². The highest BCUT2D eigenvalue weighted by Gasteiger charge is 2.59. The maximum absolute atomic E-state index is 11.8. The Morgan fingerprint density at radius 3 is 2.22 bits per heavy atom. The minimum atomic E-state index is -3.40. The molecule has 5 nitrogen and oxygen atoms in total. The summed E-state index contributed by atoms with van der Waals surface area (Å²) in [7, 11) is -3.40. The molecule has 1 rings (SSSR count). The molecule has 1 fully saturated rings. The van der Waals surface area contributed by atoms with Crippen LogP contribution in [0.15, 0.2) is 0 Å². The van der Waals surface area contributed by atoms with Crippen LogP contribution in [0.3, 0.4) is 0 Å². The summed E-state index contributed by atoms with van der Waals surface area (Å²) in [6.07, 6.45) is 1.56. The standard InChI is InChI=1S/C12H24N2O3S/c1-11(2,3)13-8-6-7-9-14-10(15)12(4,5)18(14,16)17/h13H,6-9H2,1-5H3. The Bertz CT molecular complexity index is 421. The minimum Gasteiger partial charge on any atom is -0.312 e. The number of amides is 1. The number of nitrogens with one attached hydrogen (secondary N) is 1. The molecule has 0 aromatic carbocycles. The Morgan fingerprint density at radius 2 is 1.78 bits per heavy atom. The summed E-state index contributed by atoms with van der Waals surface area (Å²) < 4.78 is 23.4. The van der Waals surface area contributed by atoms with Crippen molar-refractivity contribution in [3.8, 4) is 0 Å². The zero-order valence-electron chi connectivity index (χ0n) is 11.9. The molecule has 1 amide bonds. The van der Waals surface area contributed by atoms with Crippen LogP contribution < -0.4 is 5.32 Å². The van der Waals surface area contributed by atoms with E-state index in [2.05, 4.69) is 26.1 Å². The molecule has 0 aromatic heterocycles. The van der Waals surface area contributed by atoms with Crippen LogP contribution in [0.4, 0.5) is 0 Å². The average Bonchev–Trinajstić information content (AvgIpc) is 2.20. The number of unbranched alkanes of at least 4 members (excludes halogenated alkanes) is 1. The lowest BCUT2D eigenvalue weighted by atomic mass is 10.1. The third-order valence-corrected chi connectivity index (χ3v) is 5.51. The fraction of sp³-hybridized carbons (Fsp3) is 0.917. The summed E-state index contributed by atoms with van der Waals surface area (Å²) in [5.41, 5.74) is 0.0701. The number of sulfonamides is 1. The summed E-state index contributed by atoms with van der Waals surface area (Å²) in [5.74, 6) is -0.286. The van der Waals surface area contributed by atoms with Gasteiger partial charge < -0.3 is 5.32 Å². The van der Waals surface area contributed by atoms with Crippen molar-refractivity contribution in [1.82, 2.24) is 9.62 Å². The molecule has 0 bridgehead atoms. The minimum absolute atomic E-state index is 0.0701. The van der Waals surface area contributed by atoms with Gasteiger partial charge >= 0.3 is 0 Å². The van der Waals surface area contributed by atoms with E-state index in [0.717, 1.165) is 17.3 Å². The van der Waals surface area contributed by atoms with Crippen LogP contribution in [0, 0.1) is 0 Å². The summed E-state index contributed by atoms with van der Waals surface area (Å²) in [4.78, 5) is 11.7. The van der Waals surface area contributed by atoms with Gasteiger partial charge in [0.25, 0.3) is 15.9 Å². The van der Waals surface area contributed by atoms with Gasteiger partial charge in [-0.1, -0.05) is 0 Å². The largest absolute Gasteiger partial charge is 0.312 e. The second-order valence-corrected chi connectivity index (χ2v) is 8.69. The molecule has 18 heavy (non-hydrogen) atoms. The molecular formula is C12H24N2O3S. The fourth-order valence-electron chi connectivity index (χ4n) is 1.82. The quantitative estimate of drug-likeness (QED) is 0.764. The summed E-state index contributed by atoms with van der Waals surface area (Å²) >= 11 is 0. The molecule has 106 valence electrons. The van der Waals surface area contributed by atoms with Gasteiger partial charge in [0, 0.05) is 12.1 Å². The first-order valence-corrected chi connectivity index (χ1v) is 7.76. The highest BCUT2D eigenvalue weighted by molar-refractivity contribution is 7.94. The molecule has 1 aliphatic rings. The third-order valence-electron chi connectivity index (χ3n) is 3.12. The zero-order chi connectivity index (χ0) is 14.2. The average molecular weight is 276 g/mol. The maximum Gasteiger partial charge on any atom is 0.258 e. The van der Waals surface area contributed by atoms with Gasteiger partial charge in [-0.15, -0.1) is 0 Å². The molecule has 1 saturated heterocycles. The molecule has 1 heterocycles. The lowest BCUT2D eigenvalue weighted by Crippen LogP contribution is -2.67. The van der Waals surface area contributed by atoms with E-state index in [-0.39, 0.29) is 11.4 Å². The van der Waals surface area contributed by atoms with E-state index in [1.54, 1.807) is 0 Å². The van der Waals surface area contributed by atoms with Crippen molar-refractivity contribution in [2.24, 2.45) is 0 Å². The van der Waals surface area contributed by atoms with Crippen molar-refractivity contribution in [1.29, 1.82) is 0 Å². The molecule has 6 heteroatoms. The van der Waals surface area contributed by atoms with Gasteiger partial charge in [-0.2, -0.15) is 0 Å². The van der Waals surface area contributed by atoms with E-state index < -0.39 is 14.8 Å². The highest BCUT2D eigenvalue weighted by Crippen LogP contribution is 2.34. The topological polar surface area (TPSA) is 66.5 Å². The maximum atomic E-state index is 11.8. The van der Waals surface area contributed by atoms with Crippen LogP contribution in [0.5, 0.6) is 0 Å². The highest BCUT2D eigenvalue weighted by atomic mass is 32.2. The van der Waals surface area contributed by atoms with Crippen molar-refractivity contribution >= 4 is 15.9 Å². The molecule has 0 aromatic rings. The predicted octanol–water partition coefficient (Wildman–Crippen LogP) is 1.11. The van der Waals surface area contributed by atoms with Gasteiger partial charge in [0.15, 0.2) is 4.75 Å². The van der Waals surface area contributed by atoms with E-state index in [1.165, 1.54) is 13.8 Å². The molecule has 1 aliphatic heterocycles. The van der Waals surface area contributed by atoms with Crippen LogP contribution in [-0.4, -0.2) is 42.0 Å². The Kier molecular flexibility index (Phi) is 4.13. The molecule has 0 aliphatic carbocycles. The van der Waals surface area contributed by atoms with E-state index >= 15 is 0 Å². The number of nitrogens with zero attached hydrogens (tertiary/aromatic N) is 1. The smallest absolute Gasteiger partial charge is 0.258 e. The molecule has 0 spiro atoms. The van der Waals surface area contributed by atoms with E-state index in [4.69, 9.17) is 0 Å². The van der Waals surface area contributed by atoms with Crippen molar-refractivity contribution in [2.75, 3.05) is 13.1 Å². The SMILES string of the molecule is CC(C)(C)NCCCCN1C(=O)C(C)(C)S1(=O)=O. The first-order valence-electron chi connectivity index (χ1n) is 6.32. The van der Waals surface area contributed by atoms with Crippen molar-refractivity contribution in [3.05, 3.63) is 0 Å². The first kappa shape index (κ1) is 15.4. The first-order chi connectivity index (χ1) is 8.00. The molecular weight excluding hydrogens is 252 g/mol. The summed E-state index contributed by atoms with van der Waals surface area (Å²) in [6.45, 7) is 10.3. The molecule has 0 atom stereocenters. The number of hydrogen-bond donors (Lipinski definition) is 1. The van der Waals surface area contributed by atoms with Crippen molar-refractivity contribution in [2.45, 2.75) is 57.7 Å². The number of carbonyl (C=O) groups excluding carboxylic acids is 1. The number of rotatable bonds is 5. The van der Waals surface area contributed by atoms with Crippen LogP contribution in [-0.2, 0) is 14.8 Å². The third kappa shape index (κ3) is 2.85. The van der Waals surface area contributed by atoms with Gasteiger partial charge in [-0.3, -0.25) is 4.79 Å². The molecule has 0 unspecified atom stereocenters. The van der Waals surface area contributed by atoms with Gasteiger partial charge in [-0.25, -0.2) is 12.7 Å². The normalized spacial score (nSPS) is 21.8. The Hall–Kier alpha value is -0.620. The Morgan fingerprint density at radius 1 is 1.22 bits per heavy atom. The molecule has 1 N–H and O–H groups in total. The van der Waals surface area contributed by atoms with E-state index in [1.807, 2.05) is 0 Å². The molecule has 0 saturated carbocycles. The van der Waals surface area contributed by atoms with Gasteiger partial charge in [0.05, 0.1) is 0 Å². The molecule has 0 radical (unpaired) electrons. The monoisotopic (exact) mass is 276 g/mol. The zero-order valence-corrected chi connectivity index (χ0v) is 12.7. The fourth-order valence-corrected chi connectivity index (χ4v) is 3.39. The lowest BCUT2D eigenvalue weighted by molar-refractivity contribution is -0.132. The summed E-state index contributed by atoms with van der Waals surface area (Å²) in [5, 5.41) is 3.33. The lowest BCUT2D eigenvalue weighted by Gasteiger charge is -2.43.